The molecular formula is C12H15N5OS. The van der Waals surface area contributed by atoms with E-state index in [1.54, 1.807) is 12.3 Å². The van der Waals surface area contributed by atoms with Gasteiger partial charge in [-0.25, -0.2) is 9.97 Å². The summed E-state index contributed by atoms with van der Waals surface area (Å²) in [6.45, 7) is 1.90. The Labute approximate surface area is 115 Å². The Morgan fingerprint density at radius 3 is 2.47 bits per heavy atom. The molecule has 0 saturated heterocycles. The molecule has 2 aromatic rings. The van der Waals surface area contributed by atoms with E-state index in [-0.39, 0.29) is 0 Å². The maximum absolute atomic E-state index is 9.66. The van der Waals surface area contributed by atoms with Crippen molar-refractivity contribution in [2.24, 2.45) is 0 Å². The molecule has 0 amide bonds. The van der Waals surface area contributed by atoms with Crippen molar-refractivity contribution in [3.8, 4) is 0 Å². The third kappa shape index (κ3) is 3.55. The van der Waals surface area contributed by atoms with E-state index in [1.807, 2.05) is 13.0 Å². The van der Waals surface area contributed by atoms with Gasteiger partial charge in [0.1, 0.15) is 11.6 Å². The van der Waals surface area contributed by atoms with Gasteiger partial charge in [0.2, 0.25) is 0 Å². The zero-order chi connectivity index (χ0) is 13.8. The molecule has 19 heavy (non-hydrogen) atoms. The summed E-state index contributed by atoms with van der Waals surface area (Å²) in [6, 6.07) is 5.14. The Hall–Kier alpha value is -1.86. The lowest BCUT2D eigenvalue weighted by molar-refractivity contribution is 0.169. The van der Waals surface area contributed by atoms with Crippen LogP contribution in [0.15, 0.2) is 34.4 Å². The molecule has 0 aromatic carbocycles. The van der Waals surface area contributed by atoms with E-state index in [2.05, 4.69) is 15.0 Å². The average Bonchev–Trinajstić information content (AvgIpc) is 2.37. The third-order valence-electron chi connectivity index (χ3n) is 2.44. The molecule has 0 bridgehead atoms. The number of anilines is 2. The predicted octanol–water partition coefficient (Wildman–Crippen LogP) is 1.63. The van der Waals surface area contributed by atoms with Crippen molar-refractivity contribution in [1.82, 2.24) is 15.0 Å². The molecular weight excluding hydrogens is 262 g/mol. The molecule has 1 unspecified atom stereocenters. The molecule has 0 aliphatic carbocycles. The van der Waals surface area contributed by atoms with Crippen molar-refractivity contribution in [2.45, 2.75) is 29.5 Å². The van der Waals surface area contributed by atoms with Gasteiger partial charge in [0, 0.05) is 17.2 Å². The van der Waals surface area contributed by atoms with E-state index in [0.29, 0.717) is 28.9 Å². The van der Waals surface area contributed by atoms with E-state index < -0.39 is 6.10 Å². The summed E-state index contributed by atoms with van der Waals surface area (Å²) in [4.78, 5) is 13.2. The molecule has 0 radical (unpaired) electrons. The number of aromatic nitrogens is 3. The smallest absolute Gasteiger partial charge is 0.196 e. The maximum atomic E-state index is 9.66. The Bertz CT molecular complexity index is 540. The zero-order valence-electron chi connectivity index (χ0n) is 10.4. The molecule has 0 fully saturated rings. The summed E-state index contributed by atoms with van der Waals surface area (Å²) in [5.41, 5.74) is 11.9. The average molecular weight is 277 g/mol. The van der Waals surface area contributed by atoms with Crippen LogP contribution in [0.3, 0.4) is 0 Å². The van der Waals surface area contributed by atoms with Crippen molar-refractivity contribution in [1.29, 1.82) is 0 Å². The Morgan fingerprint density at radius 1 is 1.26 bits per heavy atom. The van der Waals surface area contributed by atoms with Gasteiger partial charge in [0.15, 0.2) is 5.16 Å². The molecule has 6 nitrogen and oxygen atoms in total. The fraction of sp³-hybridized carbons (Fsp3) is 0.250. The summed E-state index contributed by atoms with van der Waals surface area (Å²) in [6.07, 6.45) is 1.77. The van der Waals surface area contributed by atoms with E-state index in [4.69, 9.17) is 11.5 Å². The standard InChI is InChI=1S/C12H15N5OS/c1-2-9(18)8-4-3-7(6-15-8)19-12-16-10(13)5-11(14)17-12/h3-6,9,18H,2H2,1H3,(H4,13,14,16,17). The van der Waals surface area contributed by atoms with Crippen molar-refractivity contribution in [2.75, 3.05) is 11.5 Å². The Balaban J connectivity index is 2.15. The molecule has 5 N–H and O–H groups in total. The third-order valence-corrected chi connectivity index (χ3v) is 3.28. The van der Waals surface area contributed by atoms with E-state index in [0.717, 1.165) is 4.90 Å². The number of nitrogen functional groups attached to an aromatic ring is 2. The number of aliphatic hydroxyl groups excluding tert-OH is 1. The molecule has 7 heteroatoms. The summed E-state index contributed by atoms with van der Waals surface area (Å²) in [5.74, 6) is 0.668. The Morgan fingerprint density at radius 2 is 1.95 bits per heavy atom. The summed E-state index contributed by atoms with van der Waals surface area (Å²) < 4.78 is 0. The first-order chi connectivity index (χ1) is 9.08. The van der Waals surface area contributed by atoms with Gasteiger partial charge in [-0.2, -0.15) is 0 Å². The normalized spacial score (nSPS) is 12.3. The maximum Gasteiger partial charge on any atom is 0.196 e. The first kappa shape index (κ1) is 13.6. The van der Waals surface area contributed by atoms with Crippen LogP contribution < -0.4 is 11.5 Å². The molecule has 2 heterocycles. The quantitative estimate of drug-likeness (QED) is 0.728. The van der Waals surface area contributed by atoms with Crippen LogP contribution in [0, 0.1) is 0 Å². The van der Waals surface area contributed by atoms with Crippen LogP contribution >= 0.6 is 11.8 Å². The lowest BCUT2D eigenvalue weighted by Crippen LogP contribution is -2.00. The van der Waals surface area contributed by atoms with Crippen LogP contribution in [0.2, 0.25) is 0 Å². The SMILES string of the molecule is CCC(O)c1ccc(Sc2nc(N)cc(N)n2)cn1. The highest BCUT2D eigenvalue weighted by atomic mass is 32.2. The van der Waals surface area contributed by atoms with Gasteiger partial charge in [0.25, 0.3) is 0 Å². The summed E-state index contributed by atoms with van der Waals surface area (Å²) in [5, 5.41) is 10.1. The highest BCUT2D eigenvalue weighted by molar-refractivity contribution is 7.99. The molecule has 100 valence electrons. The van der Waals surface area contributed by atoms with Crippen molar-refractivity contribution in [3.63, 3.8) is 0 Å². The predicted molar refractivity (Wildman–Crippen MR) is 74.5 cm³/mol. The second-order valence-electron chi connectivity index (χ2n) is 3.95. The summed E-state index contributed by atoms with van der Waals surface area (Å²) in [7, 11) is 0. The van der Waals surface area contributed by atoms with Gasteiger partial charge < -0.3 is 16.6 Å². The van der Waals surface area contributed by atoms with E-state index in [9.17, 15) is 5.11 Å². The second kappa shape index (κ2) is 5.85. The number of hydrogen-bond donors (Lipinski definition) is 3. The topological polar surface area (TPSA) is 111 Å². The van der Waals surface area contributed by atoms with E-state index >= 15 is 0 Å². The van der Waals surface area contributed by atoms with Crippen molar-refractivity contribution < 1.29 is 5.11 Å². The Kier molecular flexibility index (Phi) is 4.18. The number of aliphatic hydroxyl groups is 1. The molecule has 2 aromatic heterocycles. The lowest BCUT2D eigenvalue weighted by Gasteiger charge is -2.07. The van der Waals surface area contributed by atoms with Crippen LogP contribution in [-0.4, -0.2) is 20.1 Å². The van der Waals surface area contributed by atoms with Gasteiger partial charge in [0.05, 0.1) is 11.8 Å². The fourth-order valence-corrected chi connectivity index (χ4v) is 2.23. The van der Waals surface area contributed by atoms with Gasteiger partial charge in [-0.05, 0) is 30.3 Å². The lowest BCUT2D eigenvalue weighted by atomic mass is 10.2. The zero-order valence-corrected chi connectivity index (χ0v) is 11.3. The minimum absolute atomic E-state index is 0.334. The summed E-state index contributed by atoms with van der Waals surface area (Å²) >= 11 is 1.32. The first-order valence-corrected chi connectivity index (χ1v) is 6.62. The number of rotatable bonds is 4. The number of nitrogens with two attached hydrogens (primary N) is 2. The van der Waals surface area contributed by atoms with Gasteiger partial charge in [-0.3, -0.25) is 4.98 Å². The van der Waals surface area contributed by atoms with Gasteiger partial charge in [-0.15, -0.1) is 0 Å². The molecule has 2 rings (SSSR count). The monoisotopic (exact) mass is 277 g/mol. The van der Waals surface area contributed by atoms with Crippen molar-refractivity contribution in [3.05, 3.63) is 30.1 Å². The van der Waals surface area contributed by atoms with Crippen molar-refractivity contribution >= 4 is 23.4 Å². The van der Waals surface area contributed by atoms with Crippen LogP contribution in [0.1, 0.15) is 25.1 Å². The highest BCUT2D eigenvalue weighted by Gasteiger charge is 2.08. The number of pyridine rings is 1. The molecule has 1 atom stereocenters. The van der Waals surface area contributed by atoms with Crippen LogP contribution in [0.25, 0.3) is 0 Å². The first-order valence-electron chi connectivity index (χ1n) is 5.80. The van der Waals surface area contributed by atoms with E-state index in [1.165, 1.54) is 17.8 Å². The molecule has 0 saturated carbocycles. The molecule has 0 spiro atoms. The van der Waals surface area contributed by atoms with Gasteiger partial charge >= 0.3 is 0 Å². The van der Waals surface area contributed by atoms with Crippen LogP contribution in [-0.2, 0) is 0 Å². The number of nitrogens with zero attached hydrogens (tertiary/aromatic N) is 3. The number of hydrogen-bond acceptors (Lipinski definition) is 7. The molecule has 0 aliphatic heterocycles. The minimum atomic E-state index is -0.529. The minimum Gasteiger partial charge on any atom is -0.387 e. The van der Waals surface area contributed by atoms with Crippen LogP contribution in [0.5, 0.6) is 0 Å². The highest BCUT2D eigenvalue weighted by Crippen LogP contribution is 2.26. The largest absolute Gasteiger partial charge is 0.387 e. The fourth-order valence-electron chi connectivity index (χ4n) is 1.47. The molecule has 0 aliphatic rings. The van der Waals surface area contributed by atoms with Gasteiger partial charge in [-0.1, -0.05) is 6.92 Å². The second-order valence-corrected chi connectivity index (χ2v) is 4.99. The van der Waals surface area contributed by atoms with Crippen LogP contribution in [0.4, 0.5) is 11.6 Å².